The van der Waals surface area contributed by atoms with Gasteiger partial charge in [-0.15, -0.1) is 0 Å². The van der Waals surface area contributed by atoms with Crippen LogP contribution in [0, 0.1) is 5.92 Å². The second-order valence-electron chi connectivity index (χ2n) is 8.30. The zero-order valence-electron chi connectivity index (χ0n) is 18.6. The van der Waals surface area contributed by atoms with Crippen LogP contribution >= 0.6 is 0 Å². The number of rotatable bonds is 7. The summed E-state index contributed by atoms with van der Waals surface area (Å²) in [5, 5.41) is 0. The summed E-state index contributed by atoms with van der Waals surface area (Å²) in [4.78, 5) is 25.9. The van der Waals surface area contributed by atoms with Crippen molar-refractivity contribution in [3.63, 3.8) is 0 Å². The van der Waals surface area contributed by atoms with E-state index in [1.54, 1.807) is 4.90 Å². The maximum atomic E-state index is 12.9. The van der Waals surface area contributed by atoms with Crippen LogP contribution in [0.4, 0.5) is 13.2 Å². The fourth-order valence-corrected chi connectivity index (χ4v) is 5.33. The van der Waals surface area contributed by atoms with Crippen LogP contribution < -0.4 is 0 Å². The molecule has 7 nitrogen and oxygen atoms in total. The number of benzene rings is 1. The number of ether oxygens (including phenoxy) is 1. The Balaban J connectivity index is 1.96. The van der Waals surface area contributed by atoms with E-state index < -0.39 is 45.2 Å². The largest absolute Gasteiger partial charge is 0.455 e. The first-order chi connectivity index (χ1) is 14.7. The Morgan fingerprint density at radius 3 is 2.19 bits per heavy atom. The van der Waals surface area contributed by atoms with E-state index in [0.717, 1.165) is 22.5 Å². The van der Waals surface area contributed by atoms with Crippen LogP contribution in [0.5, 0.6) is 0 Å². The van der Waals surface area contributed by atoms with Crippen molar-refractivity contribution in [2.24, 2.45) is 5.92 Å². The Morgan fingerprint density at radius 2 is 1.69 bits per heavy atom. The van der Waals surface area contributed by atoms with Crippen molar-refractivity contribution in [3.8, 4) is 0 Å². The first-order valence-electron chi connectivity index (χ1n) is 10.4. The van der Waals surface area contributed by atoms with Gasteiger partial charge >= 0.3 is 12.1 Å². The summed E-state index contributed by atoms with van der Waals surface area (Å²) < 4.78 is 70.5. The predicted molar refractivity (Wildman–Crippen MR) is 111 cm³/mol. The van der Waals surface area contributed by atoms with Gasteiger partial charge in [0.15, 0.2) is 6.61 Å². The van der Waals surface area contributed by atoms with Gasteiger partial charge in [0.25, 0.3) is 5.91 Å². The molecule has 1 aliphatic heterocycles. The SMILES string of the molecule is CC(C)N(C(=O)COC(=O)C1CCN(S(=O)(=O)c2cccc(C(F)(F)F)c2)CC1)C(C)C. The molecule has 0 N–H and O–H groups in total. The fraction of sp³-hybridized carbons (Fsp3) is 0.619. The lowest BCUT2D eigenvalue weighted by Crippen LogP contribution is -2.45. The number of carbonyl (C=O) groups excluding carboxylic acids is 2. The number of alkyl halides is 3. The minimum absolute atomic E-state index is 0.0313. The van der Waals surface area contributed by atoms with E-state index in [9.17, 15) is 31.2 Å². The normalized spacial score (nSPS) is 16.4. The Hall–Kier alpha value is -2.14. The summed E-state index contributed by atoms with van der Waals surface area (Å²) in [5.74, 6) is -1.47. The van der Waals surface area contributed by atoms with Crippen molar-refractivity contribution in [3.05, 3.63) is 29.8 Å². The molecular weight excluding hydrogens is 449 g/mol. The monoisotopic (exact) mass is 478 g/mol. The molecule has 0 aromatic heterocycles. The summed E-state index contributed by atoms with van der Waals surface area (Å²) >= 11 is 0. The molecule has 180 valence electrons. The zero-order chi connectivity index (χ0) is 24.3. The average molecular weight is 479 g/mol. The molecule has 1 aromatic carbocycles. The lowest BCUT2D eigenvalue weighted by atomic mass is 9.98. The van der Waals surface area contributed by atoms with Gasteiger partial charge in [-0.05, 0) is 58.7 Å². The van der Waals surface area contributed by atoms with Crippen LogP contribution in [0.25, 0.3) is 0 Å². The third-order valence-electron chi connectivity index (χ3n) is 5.32. The van der Waals surface area contributed by atoms with Gasteiger partial charge in [-0.25, -0.2) is 8.42 Å². The number of hydrogen-bond donors (Lipinski definition) is 0. The van der Waals surface area contributed by atoms with Gasteiger partial charge in [0, 0.05) is 25.2 Å². The van der Waals surface area contributed by atoms with Gasteiger partial charge in [-0.3, -0.25) is 9.59 Å². The highest BCUT2D eigenvalue weighted by Gasteiger charge is 2.36. The van der Waals surface area contributed by atoms with Gasteiger partial charge in [0.1, 0.15) is 0 Å². The molecule has 0 saturated carbocycles. The number of carbonyl (C=O) groups is 2. The molecule has 11 heteroatoms. The predicted octanol–water partition coefficient (Wildman–Crippen LogP) is 3.29. The van der Waals surface area contributed by atoms with Gasteiger partial charge in [-0.1, -0.05) is 6.07 Å². The number of hydrogen-bond acceptors (Lipinski definition) is 5. The van der Waals surface area contributed by atoms with E-state index in [4.69, 9.17) is 4.74 Å². The Bertz CT molecular complexity index is 916. The maximum absolute atomic E-state index is 12.9. The molecule has 0 bridgehead atoms. The number of amides is 1. The molecular formula is C21H29F3N2O5S. The minimum atomic E-state index is -4.65. The first kappa shape index (κ1) is 26.1. The molecule has 1 aliphatic rings. The van der Waals surface area contributed by atoms with Crippen LogP contribution in [0.2, 0.25) is 0 Å². The smallest absolute Gasteiger partial charge is 0.416 e. The lowest BCUT2D eigenvalue weighted by Gasteiger charge is -2.32. The highest BCUT2D eigenvalue weighted by molar-refractivity contribution is 7.89. The number of piperidine rings is 1. The van der Waals surface area contributed by atoms with Crippen molar-refractivity contribution >= 4 is 21.9 Å². The van der Waals surface area contributed by atoms with Crippen molar-refractivity contribution in [1.82, 2.24) is 9.21 Å². The van der Waals surface area contributed by atoms with Gasteiger partial charge in [0.05, 0.1) is 16.4 Å². The zero-order valence-corrected chi connectivity index (χ0v) is 19.4. The Kier molecular flexibility index (Phi) is 8.33. The first-order valence-corrected chi connectivity index (χ1v) is 11.8. The van der Waals surface area contributed by atoms with E-state index in [2.05, 4.69) is 0 Å². The average Bonchev–Trinajstić information content (AvgIpc) is 2.71. The van der Waals surface area contributed by atoms with E-state index in [1.807, 2.05) is 27.7 Å². The van der Waals surface area contributed by atoms with Crippen LogP contribution in [0.15, 0.2) is 29.2 Å². The van der Waals surface area contributed by atoms with E-state index >= 15 is 0 Å². The summed E-state index contributed by atoms with van der Waals surface area (Å²) in [6.45, 7) is 6.99. The molecule has 0 aliphatic carbocycles. The van der Waals surface area contributed by atoms with Crippen LogP contribution in [0.3, 0.4) is 0 Å². The standard InChI is InChI=1S/C21H29F3N2O5S/c1-14(2)26(15(3)4)19(27)13-31-20(28)16-8-10-25(11-9-16)32(29,30)18-7-5-6-17(12-18)21(22,23)24/h5-7,12,14-16H,8-11,13H2,1-4H3. The highest BCUT2D eigenvalue weighted by atomic mass is 32.2. The number of halogens is 3. The molecule has 1 amide bonds. The van der Waals surface area contributed by atoms with Gasteiger partial charge in [0.2, 0.25) is 10.0 Å². The second-order valence-corrected chi connectivity index (χ2v) is 10.2. The van der Waals surface area contributed by atoms with Crippen molar-refractivity contribution < 1.29 is 35.9 Å². The van der Waals surface area contributed by atoms with Crippen molar-refractivity contribution in [1.29, 1.82) is 0 Å². The Morgan fingerprint density at radius 1 is 1.12 bits per heavy atom. The molecule has 0 radical (unpaired) electrons. The molecule has 0 spiro atoms. The van der Waals surface area contributed by atoms with Crippen LogP contribution in [-0.4, -0.2) is 61.3 Å². The Labute approximate surface area is 186 Å². The molecule has 1 saturated heterocycles. The molecule has 0 atom stereocenters. The summed E-state index contributed by atoms with van der Waals surface area (Å²) in [5.41, 5.74) is -1.04. The van der Waals surface area contributed by atoms with Crippen molar-refractivity contribution in [2.45, 2.75) is 63.7 Å². The van der Waals surface area contributed by atoms with E-state index in [1.165, 1.54) is 0 Å². The summed E-state index contributed by atoms with van der Waals surface area (Å²) in [6, 6.07) is 3.48. The molecule has 1 heterocycles. The van der Waals surface area contributed by atoms with Crippen molar-refractivity contribution in [2.75, 3.05) is 19.7 Å². The topological polar surface area (TPSA) is 84.0 Å². The quantitative estimate of drug-likeness (QED) is 0.562. The minimum Gasteiger partial charge on any atom is -0.455 e. The van der Waals surface area contributed by atoms with E-state index in [0.29, 0.717) is 6.07 Å². The van der Waals surface area contributed by atoms with Crippen LogP contribution in [0.1, 0.15) is 46.1 Å². The second kappa shape index (κ2) is 10.2. The highest BCUT2D eigenvalue weighted by Crippen LogP contribution is 2.32. The van der Waals surface area contributed by atoms with Crippen LogP contribution in [-0.2, 0) is 30.5 Å². The molecule has 32 heavy (non-hydrogen) atoms. The maximum Gasteiger partial charge on any atom is 0.416 e. The lowest BCUT2D eigenvalue weighted by molar-refractivity contribution is -0.157. The molecule has 1 aromatic rings. The number of nitrogens with zero attached hydrogens (tertiary/aromatic N) is 2. The van der Waals surface area contributed by atoms with Gasteiger partial charge < -0.3 is 9.64 Å². The summed E-state index contributed by atoms with van der Waals surface area (Å²) in [6.07, 6.45) is -4.34. The summed E-state index contributed by atoms with van der Waals surface area (Å²) in [7, 11) is -4.13. The molecule has 1 fully saturated rings. The molecule has 0 unspecified atom stereocenters. The van der Waals surface area contributed by atoms with Gasteiger partial charge in [-0.2, -0.15) is 17.5 Å². The third-order valence-corrected chi connectivity index (χ3v) is 7.22. The third kappa shape index (κ3) is 6.22. The van der Waals surface area contributed by atoms with E-state index in [-0.39, 0.29) is 43.9 Å². The number of esters is 1. The fourth-order valence-electron chi connectivity index (χ4n) is 3.81. The molecule has 2 rings (SSSR count). The number of sulfonamides is 1.